The molecular formula is C17H13FN2O4S2. The van der Waals surface area contributed by atoms with Crippen molar-refractivity contribution in [3.63, 3.8) is 0 Å². The standard InChI is InChI=1S/C17H13FN2O4S2/c18-12-4-1-5-13-11(12)7-14(26-13)16(22)24-9-15(21)20-17(23)19-8-10-3-2-6-25-10/h1-7H,8-9H2,(H2,19,20,21,23). The van der Waals surface area contributed by atoms with E-state index in [2.05, 4.69) is 10.6 Å². The van der Waals surface area contributed by atoms with Gasteiger partial charge in [-0.2, -0.15) is 0 Å². The van der Waals surface area contributed by atoms with Crippen LogP contribution in [0.15, 0.2) is 41.8 Å². The highest BCUT2D eigenvalue weighted by Crippen LogP contribution is 2.28. The van der Waals surface area contributed by atoms with E-state index in [0.717, 1.165) is 16.2 Å². The molecule has 0 spiro atoms. The number of rotatable bonds is 5. The lowest BCUT2D eigenvalue weighted by molar-refractivity contribution is -0.123. The first-order valence-corrected chi connectivity index (χ1v) is 9.18. The number of esters is 1. The number of nitrogens with one attached hydrogen (secondary N) is 2. The quantitative estimate of drug-likeness (QED) is 0.653. The fourth-order valence-corrected chi connectivity index (χ4v) is 3.73. The monoisotopic (exact) mass is 392 g/mol. The van der Waals surface area contributed by atoms with Crippen molar-refractivity contribution in [2.45, 2.75) is 6.54 Å². The Bertz CT molecular complexity index is 953. The van der Waals surface area contributed by atoms with Gasteiger partial charge in [-0.1, -0.05) is 12.1 Å². The van der Waals surface area contributed by atoms with Crippen LogP contribution >= 0.6 is 22.7 Å². The Balaban J connectivity index is 1.48. The smallest absolute Gasteiger partial charge is 0.348 e. The van der Waals surface area contributed by atoms with Crippen molar-refractivity contribution in [2.24, 2.45) is 0 Å². The minimum atomic E-state index is -0.755. The van der Waals surface area contributed by atoms with E-state index in [0.29, 0.717) is 16.6 Å². The predicted molar refractivity (Wildman–Crippen MR) is 96.8 cm³/mol. The van der Waals surface area contributed by atoms with E-state index in [1.807, 2.05) is 17.5 Å². The first-order chi connectivity index (χ1) is 12.5. The van der Waals surface area contributed by atoms with E-state index in [-0.39, 0.29) is 4.88 Å². The number of hydrogen-bond donors (Lipinski definition) is 2. The van der Waals surface area contributed by atoms with Gasteiger partial charge in [0.1, 0.15) is 10.7 Å². The lowest BCUT2D eigenvalue weighted by Crippen LogP contribution is -2.41. The Hall–Kier alpha value is -2.78. The fraction of sp³-hybridized carbons (Fsp3) is 0.118. The van der Waals surface area contributed by atoms with E-state index in [4.69, 9.17) is 4.74 Å². The average molecular weight is 392 g/mol. The zero-order valence-corrected chi connectivity index (χ0v) is 14.9. The highest BCUT2D eigenvalue weighted by Gasteiger charge is 2.16. The zero-order chi connectivity index (χ0) is 18.5. The van der Waals surface area contributed by atoms with Gasteiger partial charge in [0.2, 0.25) is 0 Å². The maximum Gasteiger partial charge on any atom is 0.348 e. The van der Waals surface area contributed by atoms with Crippen LogP contribution in [0.5, 0.6) is 0 Å². The molecular weight excluding hydrogens is 379 g/mol. The summed E-state index contributed by atoms with van der Waals surface area (Å²) in [6, 6.07) is 8.93. The van der Waals surface area contributed by atoms with Crippen molar-refractivity contribution in [3.05, 3.63) is 57.3 Å². The Morgan fingerprint density at radius 1 is 1.15 bits per heavy atom. The van der Waals surface area contributed by atoms with Gasteiger partial charge in [0.05, 0.1) is 6.54 Å². The second-order valence-electron chi connectivity index (χ2n) is 5.15. The molecule has 0 atom stereocenters. The van der Waals surface area contributed by atoms with Crippen molar-refractivity contribution < 1.29 is 23.5 Å². The number of hydrogen-bond acceptors (Lipinski definition) is 6. The third-order valence-corrected chi connectivity index (χ3v) is 5.26. The summed E-state index contributed by atoms with van der Waals surface area (Å²) in [6.07, 6.45) is 0. The van der Waals surface area contributed by atoms with Crippen LogP contribution in [0.4, 0.5) is 9.18 Å². The molecule has 0 aliphatic carbocycles. The highest BCUT2D eigenvalue weighted by atomic mass is 32.1. The summed E-state index contributed by atoms with van der Waals surface area (Å²) in [4.78, 5) is 36.4. The van der Waals surface area contributed by atoms with Crippen LogP contribution in [0, 0.1) is 5.82 Å². The van der Waals surface area contributed by atoms with E-state index in [1.165, 1.54) is 23.5 Å². The molecule has 2 heterocycles. The molecule has 3 amide bonds. The van der Waals surface area contributed by atoms with Crippen molar-refractivity contribution in [3.8, 4) is 0 Å². The number of benzene rings is 1. The van der Waals surface area contributed by atoms with Gasteiger partial charge in [0.15, 0.2) is 6.61 Å². The van der Waals surface area contributed by atoms with Crippen molar-refractivity contribution >= 4 is 50.7 Å². The number of carbonyl (C=O) groups is 3. The summed E-state index contributed by atoms with van der Waals surface area (Å²) in [5, 5.41) is 6.78. The summed E-state index contributed by atoms with van der Waals surface area (Å²) in [5.74, 6) is -1.94. The molecule has 0 radical (unpaired) electrons. The Labute approximate surface area is 155 Å². The molecule has 9 heteroatoms. The number of halogens is 1. The van der Waals surface area contributed by atoms with E-state index in [1.54, 1.807) is 12.1 Å². The lowest BCUT2D eigenvalue weighted by atomic mass is 10.2. The molecule has 3 rings (SSSR count). The SMILES string of the molecule is O=C(COC(=O)c1cc2c(F)cccc2s1)NC(=O)NCc1cccs1. The number of urea groups is 1. The molecule has 2 aromatic heterocycles. The summed E-state index contributed by atoms with van der Waals surface area (Å²) in [5.41, 5.74) is 0. The van der Waals surface area contributed by atoms with Gasteiger partial charge >= 0.3 is 12.0 Å². The first-order valence-electron chi connectivity index (χ1n) is 7.48. The Kier molecular flexibility index (Phi) is 5.59. The van der Waals surface area contributed by atoms with Gasteiger partial charge in [0.25, 0.3) is 5.91 Å². The number of ether oxygens (including phenoxy) is 1. The van der Waals surface area contributed by atoms with Crippen LogP contribution in [0.1, 0.15) is 14.5 Å². The number of amides is 3. The molecule has 0 bridgehead atoms. The van der Waals surface area contributed by atoms with Crippen molar-refractivity contribution in [1.29, 1.82) is 0 Å². The minimum absolute atomic E-state index is 0.181. The van der Waals surface area contributed by atoms with Gasteiger partial charge in [-0.25, -0.2) is 14.0 Å². The molecule has 0 saturated heterocycles. The second-order valence-corrected chi connectivity index (χ2v) is 7.26. The van der Waals surface area contributed by atoms with Crippen LogP contribution in [0.2, 0.25) is 0 Å². The average Bonchev–Trinajstić information content (AvgIpc) is 3.28. The molecule has 0 saturated carbocycles. The zero-order valence-electron chi connectivity index (χ0n) is 13.3. The minimum Gasteiger partial charge on any atom is -0.451 e. The molecule has 2 N–H and O–H groups in total. The molecule has 3 aromatic rings. The summed E-state index contributed by atoms with van der Waals surface area (Å²) < 4.78 is 19.1. The van der Waals surface area contributed by atoms with Gasteiger partial charge < -0.3 is 10.1 Å². The summed E-state index contributed by atoms with van der Waals surface area (Å²) >= 11 is 2.54. The van der Waals surface area contributed by atoms with Crippen molar-refractivity contribution in [1.82, 2.24) is 10.6 Å². The molecule has 0 fully saturated rings. The summed E-state index contributed by atoms with van der Waals surface area (Å²) in [6.45, 7) is -0.314. The van der Waals surface area contributed by atoms with E-state index < -0.39 is 30.3 Å². The predicted octanol–water partition coefficient (Wildman–Crippen LogP) is 3.28. The first kappa shape index (κ1) is 18.0. The number of imide groups is 1. The second kappa shape index (κ2) is 8.07. The Morgan fingerprint density at radius 3 is 2.73 bits per heavy atom. The number of carbonyl (C=O) groups excluding carboxylic acids is 3. The highest BCUT2D eigenvalue weighted by molar-refractivity contribution is 7.20. The largest absolute Gasteiger partial charge is 0.451 e. The van der Waals surface area contributed by atoms with Gasteiger partial charge in [-0.15, -0.1) is 22.7 Å². The van der Waals surface area contributed by atoms with E-state index in [9.17, 15) is 18.8 Å². The topological polar surface area (TPSA) is 84.5 Å². The van der Waals surface area contributed by atoms with Crippen LogP contribution < -0.4 is 10.6 Å². The van der Waals surface area contributed by atoms with Gasteiger partial charge in [0, 0.05) is 15.0 Å². The number of fused-ring (bicyclic) bond motifs is 1. The molecule has 1 aromatic carbocycles. The van der Waals surface area contributed by atoms with Crippen LogP contribution in [-0.4, -0.2) is 24.5 Å². The van der Waals surface area contributed by atoms with E-state index >= 15 is 0 Å². The van der Waals surface area contributed by atoms with Crippen LogP contribution in [0.3, 0.4) is 0 Å². The molecule has 0 aliphatic heterocycles. The van der Waals surface area contributed by atoms with Crippen LogP contribution in [-0.2, 0) is 16.1 Å². The normalized spacial score (nSPS) is 10.5. The third-order valence-electron chi connectivity index (χ3n) is 3.30. The molecule has 26 heavy (non-hydrogen) atoms. The Morgan fingerprint density at radius 2 is 2.00 bits per heavy atom. The fourth-order valence-electron chi connectivity index (χ4n) is 2.12. The third kappa shape index (κ3) is 4.44. The maximum absolute atomic E-state index is 13.6. The van der Waals surface area contributed by atoms with Crippen molar-refractivity contribution in [2.75, 3.05) is 6.61 Å². The lowest BCUT2D eigenvalue weighted by Gasteiger charge is -2.06. The molecule has 0 aliphatic rings. The number of thiophene rings is 2. The van der Waals surface area contributed by atoms with Gasteiger partial charge in [-0.3, -0.25) is 10.1 Å². The maximum atomic E-state index is 13.6. The molecule has 6 nitrogen and oxygen atoms in total. The van der Waals surface area contributed by atoms with Gasteiger partial charge in [-0.05, 0) is 29.6 Å². The van der Waals surface area contributed by atoms with Crippen LogP contribution in [0.25, 0.3) is 10.1 Å². The molecule has 0 unspecified atom stereocenters. The summed E-state index contributed by atoms with van der Waals surface area (Å²) in [7, 11) is 0. The molecule has 134 valence electrons.